The van der Waals surface area contributed by atoms with Crippen molar-refractivity contribution >= 4 is 17.6 Å². The van der Waals surface area contributed by atoms with Crippen LogP contribution in [0.1, 0.15) is 29.5 Å². The highest BCUT2D eigenvalue weighted by atomic mass is 16.5. The molecule has 1 atom stereocenters. The van der Waals surface area contributed by atoms with Crippen LogP contribution in [-0.4, -0.2) is 37.7 Å². The summed E-state index contributed by atoms with van der Waals surface area (Å²) in [4.78, 5) is 26.7. The van der Waals surface area contributed by atoms with Crippen LogP contribution in [0.5, 0.6) is 0 Å². The van der Waals surface area contributed by atoms with E-state index in [1.165, 1.54) is 0 Å². The summed E-state index contributed by atoms with van der Waals surface area (Å²) in [5, 5.41) is 5.79. The van der Waals surface area contributed by atoms with E-state index in [4.69, 9.17) is 4.74 Å². The molecule has 31 heavy (non-hydrogen) atoms. The number of aryl methyl sites for hydroxylation is 1. The molecular formula is C25H31N3O3. The van der Waals surface area contributed by atoms with Crippen LogP contribution in [0.15, 0.2) is 61.2 Å². The van der Waals surface area contributed by atoms with Gasteiger partial charge in [0.25, 0.3) is 0 Å². The predicted octanol–water partition coefficient (Wildman–Crippen LogP) is 3.73. The molecule has 0 bridgehead atoms. The smallest absolute Gasteiger partial charge is 0.322 e. The fraction of sp³-hybridized carbons (Fsp3) is 0.360. The lowest BCUT2D eigenvalue weighted by atomic mass is 10.1. The molecule has 164 valence electrons. The van der Waals surface area contributed by atoms with Crippen LogP contribution in [0, 0.1) is 6.92 Å². The second kappa shape index (κ2) is 11.3. The summed E-state index contributed by atoms with van der Waals surface area (Å²) in [5.74, 6) is -0.0245. The summed E-state index contributed by atoms with van der Waals surface area (Å²) in [6, 6.07) is 15.5. The highest BCUT2D eigenvalue weighted by Gasteiger charge is 2.18. The van der Waals surface area contributed by atoms with Gasteiger partial charge in [0, 0.05) is 25.4 Å². The molecule has 0 aromatic heterocycles. The van der Waals surface area contributed by atoms with Gasteiger partial charge >= 0.3 is 6.03 Å². The summed E-state index contributed by atoms with van der Waals surface area (Å²) in [7, 11) is 0. The Morgan fingerprint density at radius 1 is 1.16 bits per heavy atom. The first-order valence-corrected chi connectivity index (χ1v) is 10.7. The molecule has 6 heteroatoms. The van der Waals surface area contributed by atoms with Crippen molar-refractivity contribution in [3.8, 4) is 0 Å². The van der Waals surface area contributed by atoms with Gasteiger partial charge < -0.3 is 15.4 Å². The van der Waals surface area contributed by atoms with Gasteiger partial charge in [0.1, 0.15) is 0 Å². The van der Waals surface area contributed by atoms with Gasteiger partial charge in [-0.2, -0.15) is 0 Å². The van der Waals surface area contributed by atoms with E-state index < -0.39 is 0 Å². The first-order chi connectivity index (χ1) is 15.0. The van der Waals surface area contributed by atoms with Gasteiger partial charge in [-0.15, -0.1) is 6.58 Å². The zero-order valence-corrected chi connectivity index (χ0v) is 18.1. The first-order valence-electron chi connectivity index (χ1n) is 10.7. The number of benzene rings is 2. The quantitative estimate of drug-likeness (QED) is 0.606. The van der Waals surface area contributed by atoms with Crippen molar-refractivity contribution in [2.45, 2.75) is 38.8 Å². The second-order valence-corrected chi connectivity index (χ2v) is 7.83. The molecular weight excluding hydrogens is 390 g/mol. The fourth-order valence-electron chi connectivity index (χ4n) is 3.60. The maximum Gasteiger partial charge on any atom is 0.322 e. The predicted molar refractivity (Wildman–Crippen MR) is 123 cm³/mol. The number of anilines is 1. The average molecular weight is 422 g/mol. The molecule has 3 rings (SSSR count). The zero-order valence-electron chi connectivity index (χ0n) is 18.1. The largest absolute Gasteiger partial charge is 0.376 e. The van der Waals surface area contributed by atoms with Crippen LogP contribution in [0.25, 0.3) is 0 Å². The van der Waals surface area contributed by atoms with Gasteiger partial charge in [0.2, 0.25) is 5.91 Å². The summed E-state index contributed by atoms with van der Waals surface area (Å²) in [6.45, 7) is 7.88. The van der Waals surface area contributed by atoms with Crippen LogP contribution in [0.2, 0.25) is 0 Å². The van der Waals surface area contributed by atoms with Crippen molar-refractivity contribution in [3.05, 3.63) is 77.9 Å². The number of carbonyl (C=O) groups is 2. The molecule has 1 heterocycles. The zero-order chi connectivity index (χ0) is 22.1. The van der Waals surface area contributed by atoms with E-state index in [1.807, 2.05) is 49.4 Å². The molecule has 2 aromatic rings. The minimum absolute atomic E-state index is 0.0245. The number of nitrogens with zero attached hydrogens (tertiary/aromatic N) is 1. The van der Waals surface area contributed by atoms with E-state index in [1.54, 1.807) is 11.0 Å². The number of amides is 3. The lowest BCUT2D eigenvalue weighted by molar-refractivity contribution is -0.120. The molecule has 0 aliphatic carbocycles. The highest BCUT2D eigenvalue weighted by Crippen LogP contribution is 2.20. The topological polar surface area (TPSA) is 70.7 Å². The van der Waals surface area contributed by atoms with E-state index in [9.17, 15) is 9.59 Å². The Kier molecular flexibility index (Phi) is 8.24. The van der Waals surface area contributed by atoms with Crippen LogP contribution >= 0.6 is 0 Å². The van der Waals surface area contributed by atoms with Crippen LogP contribution in [0.3, 0.4) is 0 Å². The van der Waals surface area contributed by atoms with Gasteiger partial charge in [-0.25, -0.2) is 4.79 Å². The van der Waals surface area contributed by atoms with Gasteiger partial charge in [0.15, 0.2) is 0 Å². The van der Waals surface area contributed by atoms with E-state index in [2.05, 4.69) is 23.3 Å². The highest BCUT2D eigenvalue weighted by molar-refractivity contribution is 5.92. The van der Waals surface area contributed by atoms with Crippen LogP contribution in [-0.2, 0) is 22.5 Å². The maximum atomic E-state index is 12.8. The van der Waals surface area contributed by atoms with Crippen molar-refractivity contribution in [2.24, 2.45) is 0 Å². The average Bonchev–Trinajstić information content (AvgIpc) is 3.29. The number of hydrogen-bond acceptors (Lipinski definition) is 3. The number of carbonyl (C=O) groups excluding carboxylic acids is 2. The molecule has 2 N–H and O–H groups in total. The molecule has 1 saturated heterocycles. The lowest BCUT2D eigenvalue weighted by Crippen LogP contribution is -2.39. The number of urea groups is 1. The summed E-state index contributed by atoms with van der Waals surface area (Å²) < 4.78 is 5.54. The number of nitrogens with one attached hydrogen (secondary N) is 2. The van der Waals surface area contributed by atoms with Crippen molar-refractivity contribution in [3.63, 3.8) is 0 Å². The summed E-state index contributed by atoms with van der Waals surface area (Å²) >= 11 is 0. The third-order valence-electron chi connectivity index (χ3n) is 5.23. The molecule has 1 aliphatic rings. The normalized spacial score (nSPS) is 15.3. The third-order valence-corrected chi connectivity index (χ3v) is 5.23. The maximum absolute atomic E-state index is 12.8. The van der Waals surface area contributed by atoms with Crippen molar-refractivity contribution in [2.75, 3.05) is 24.6 Å². The van der Waals surface area contributed by atoms with Gasteiger partial charge in [-0.3, -0.25) is 9.69 Å². The standard InChI is InChI=1S/C25H31N3O3/c1-3-13-26-25(30)28(18-21-7-4-6-19(2)15-21)22-11-9-20(10-12-22)16-24(29)27-17-23-8-5-14-31-23/h3-4,6-7,9-12,15,23H,1,5,8,13-14,16-18H2,2H3,(H,26,30)(H,27,29). The molecule has 1 unspecified atom stereocenters. The summed E-state index contributed by atoms with van der Waals surface area (Å²) in [6.07, 6.45) is 4.14. The van der Waals surface area contributed by atoms with E-state index in [0.29, 0.717) is 26.1 Å². The minimum Gasteiger partial charge on any atom is -0.376 e. The minimum atomic E-state index is -0.191. The molecule has 0 saturated carbocycles. The number of ether oxygens (including phenoxy) is 1. The molecule has 3 amide bonds. The molecule has 2 aromatic carbocycles. The Morgan fingerprint density at radius 2 is 1.97 bits per heavy atom. The number of rotatable bonds is 9. The Balaban J connectivity index is 1.65. The molecule has 1 aliphatic heterocycles. The lowest BCUT2D eigenvalue weighted by Gasteiger charge is -2.23. The van der Waals surface area contributed by atoms with E-state index in [-0.39, 0.29) is 18.0 Å². The van der Waals surface area contributed by atoms with E-state index >= 15 is 0 Å². The summed E-state index contributed by atoms with van der Waals surface area (Å²) in [5.41, 5.74) is 3.86. The Hall–Kier alpha value is -3.12. The van der Waals surface area contributed by atoms with Crippen molar-refractivity contribution in [1.29, 1.82) is 0 Å². The van der Waals surface area contributed by atoms with Gasteiger partial charge in [-0.05, 0) is 43.0 Å². The van der Waals surface area contributed by atoms with Crippen molar-refractivity contribution < 1.29 is 14.3 Å². The number of hydrogen-bond donors (Lipinski definition) is 2. The van der Waals surface area contributed by atoms with Crippen molar-refractivity contribution in [1.82, 2.24) is 10.6 Å². The Bertz CT molecular complexity index is 889. The molecule has 1 fully saturated rings. The van der Waals surface area contributed by atoms with Crippen LogP contribution < -0.4 is 15.5 Å². The van der Waals surface area contributed by atoms with Crippen LogP contribution in [0.4, 0.5) is 10.5 Å². The van der Waals surface area contributed by atoms with Gasteiger partial charge in [0.05, 0.1) is 19.1 Å². The second-order valence-electron chi connectivity index (χ2n) is 7.83. The van der Waals surface area contributed by atoms with Gasteiger partial charge in [-0.1, -0.05) is 48.0 Å². The Morgan fingerprint density at radius 3 is 2.65 bits per heavy atom. The SMILES string of the molecule is C=CCNC(=O)N(Cc1cccc(C)c1)c1ccc(CC(=O)NCC2CCCO2)cc1. The molecule has 0 spiro atoms. The Labute approximate surface area is 184 Å². The monoisotopic (exact) mass is 421 g/mol. The fourth-order valence-corrected chi connectivity index (χ4v) is 3.60. The molecule has 6 nitrogen and oxygen atoms in total. The molecule has 0 radical (unpaired) electrons. The van der Waals surface area contributed by atoms with E-state index in [0.717, 1.165) is 41.8 Å². The third kappa shape index (κ3) is 6.96. The first kappa shape index (κ1) is 22.6.